The summed E-state index contributed by atoms with van der Waals surface area (Å²) in [4.78, 5) is 10.4. The number of nitro benzene ring substituents is 1. The fourth-order valence-electron chi connectivity index (χ4n) is 1.37. The predicted octanol–water partition coefficient (Wildman–Crippen LogP) is 4.27. The van der Waals surface area contributed by atoms with Gasteiger partial charge in [-0.3, -0.25) is 10.1 Å². The molecule has 0 spiro atoms. The Morgan fingerprint density at radius 1 is 1.38 bits per heavy atom. The Morgan fingerprint density at radius 3 is 2.69 bits per heavy atom. The summed E-state index contributed by atoms with van der Waals surface area (Å²) < 4.78 is 5.72. The molecule has 0 fully saturated rings. The Hall–Kier alpha value is -1.33. The quantitative estimate of drug-likeness (QED) is 0.615. The van der Waals surface area contributed by atoms with Gasteiger partial charge in [0, 0.05) is 4.47 Å². The highest BCUT2D eigenvalue weighted by atomic mass is 79.9. The van der Waals surface area contributed by atoms with E-state index in [2.05, 4.69) is 15.9 Å². The van der Waals surface area contributed by atoms with Crippen LogP contribution in [-0.4, -0.2) is 4.92 Å². The molecule has 0 amide bonds. The lowest BCUT2D eigenvalue weighted by atomic mass is 10.1. The average Bonchev–Trinajstić information content (AvgIpc) is 2.73. The maximum Gasteiger partial charge on any atom is 0.299 e. The van der Waals surface area contributed by atoms with Gasteiger partial charge in [-0.1, -0.05) is 11.6 Å². The highest BCUT2D eigenvalue weighted by molar-refractivity contribution is 9.10. The molecule has 2 aromatic rings. The van der Waals surface area contributed by atoms with Gasteiger partial charge in [-0.15, -0.1) is 0 Å². The van der Waals surface area contributed by atoms with Crippen LogP contribution in [0.5, 0.6) is 0 Å². The van der Waals surface area contributed by atoms with Crippen LogP contribution in [0.3, 0.4) is 0 Å². The van der Waals surface area contributed by atoms with Crippen molar-refractivity contribution in [2.24, 2.45) is 0 Å². The lowest BCUT2D eigenvalue weighted by Gasteiger charge is -2.04. The van der Waals surface area contributed by atoms with Crippen LogP contribution < -0.4 is 0 Å². The van der Waals surface area contributed by atoms with Crippen LogP contribution in [-0.2, 0) is 0 Å². The largest absolute Gasteiger partial charge is 0.464 e. The van der Waals surface area contributed by atoms with Crippen LogP contribution in [0.15, 0.2) is 39.4 Å². The number of nitro groups is 1. The number of benzene rings is 1. The lowest BCUT2D eigenvalue weighted by molar-refractivity contribution is -0.384. The fraction of sp³-hybridized carbons (Fsp3) is 0. The van der Waals surface area contributed by atoms with E-state index >= 15 is 0 Å². The van der Waals surface area contributed by atoms with Crippen LogP contribution in [0.1, 0.15) is 0 Å². The topological polar surface area (TPSA) is 56.3 Å². The summed E-state index contributed by atoms with van der Waals surface area (Å²) in [5, 5.41) is 11.0. The SMILES string of the molecule is O=[N+]([O-])c1c(Cl)ccc(Br)c1-c1ccco1. The summed E-state index contributed by atoms with van der Waals surface area (Å²) in [5.74, 6) is 0.404. The third-order valence-electron chi connectivity index (χ3n) is 2.03. The van der Waals surface area contributed by atoms with Crippen molar-refractivity contribution >= 4 is 33.2 Å². The van der Waals surface area contributed by atoms with E-state index < -0.39 is 4.92 Å². The molecule has 0 aliphatic heterocycles. The van der Waals surface area contributed by atoms with Crippen LogP contribution >= 0.6 is 27.5 Å². The van der Waals surface area contributed by atoms with Gasteiger partial charge in [0.25, 0.3) is 5.69 Å². The van der Waals surface area contributed by atoms with E-state index in [4.69, 9.17) is 16.0 Å². The fourth-order valence-corrected chi connectivity index (χ4v) is 2.12. The molecule has 2 rings (SSSR count). The second-order valence-electron chi connectivity index (χ2n) is 2.99. The highest BCUT2D eigenvalue weighted by Crippen LogP contribution is 2.41. The van der Waals surface area contributed by atoms with E-state index in [1.54, 1.807) is 18.2 Å². The van der Waals surface area contributed by atoms with Gasteiger partial charge in [-0.25, -0.2) is 0 Å². The van der Waals surface area contributed by atoms with Gasteiger partial charge >= 0.3 is 0 Å². The minimum absolute atomic E-state index is 0.0830. The molecule has 4 nitrogen and oxygen atoms in total. The third-order valence-corrected chi connectivity index (χ3v) is 2.99. The van der Waals surface area contributed by atoms with E-state index in [9.17, 15) is 10.1 Å². The summed E-state index contributed by atoms with van der Waals surface area (Å²) in [5.41, 5.74) is 0.188. The smallest absolute Gasteiger partial charge is 0.299 e. The Kier molecular flexibility index (Phi) is 2.98. The Morgan fingerprint density at radius 2 is 2.12 bits per heavy atom. The average molecular weight is 303 g/mol. The Balaban J connectivity index is 2.76. The number of rotatable bonds is 2. The van der Waals surface area contributed by atoms with Crippen molar-refractivity contribution in [3.05, 3.63) is 50.1 Å². The minimum atomic E-state index is -0.523. The molecule has 0 radical (unpaired) electrons. The molecule has 0 N–H and O–H groups in total. The van der Waals surface area contributed by atoms with Crippen molar-refractivity contribution < 1.29 is 9.34 Å². The summed E-state index contributed by atoms with van der Waals surface area (Å²) in [7, 11) is 0. The van der Waals surface area contributed by atoms with Crippen LogP contribution in [0.2, 0.25) is 5.02 Å². The minimum Gasteiger partial charge on any atom is -0.464 e. The maximum absolute atomic E-state index is 10.9. The molecule has 1 heterocycles. The van der Waals surface area contributed by atoms with E-state index in [-0.39, 0.29) is 10.7 Å². The normalized spacial score (nSPS) is 10.4. The molecule has 6 heteroatoms. The number of furan rings is 1. The first-order valence-electron chi connectivity index (χ1n) is 4.27. The Labute approximate surface area is 104 Å². The standard InChI is InChI=1S/C10H5BrClNO3/c11-6-3-4-7(12)10(13(14)15)9(6)8-2-1-5-16-8/h1-5H. The van der Waals surface area contributed by atoms with Crippen LogP contribution in [0, 0.1) is 10.1 Å². The van der Waals surface area contributed by atoms with Gasteiger partial charge in [0.15, 0.2) is 0 Å². The molecule has 0 saturated carbocycles. The predicted molar refractivity (Wildman–Crippen MR) is 63.5 cm³/mol. The molecule has 0 bridgehead atoms. The van der Waals surface area contributed by atoms with Crippen molar-refractivity contribution in [3.8, 4) is 11.3 Å². The van der Waals surface area contributed by atoms with Crippen molar-refractivity contribution in [2.45, 2.75) is 0 Å². The first-order valence-corrected chi connectivity index (χ1v) is 5.44. The van der Waals surface area contributed by atoms with Gasteiger partial charge in [0.2, 0.25) is 0 Å². The molecule has 82 valence electrons. The van der Waals surface area contributed by atoms with Crippen molar-refractivity contribution in [1.82, 2.24) is 0 Å². The van der Waals surface area contributed by atoms with Gasteiger partial charge in [-0.05, 0) is 40.2 Å². The second-order valence-corrected chi connectivity index (χ2v) is 4.25. The van der Waals surface area contributed by atoms with Crippen molar-refractivity contribution in [2.75, 3.05) is 0 Å². The van der Waals surface area contributed by atoms with Gasteiger partial charge < -0.3 is 4.42 Å². The van der Waals surface area contributed by atoms with Gasteiger partial charge in [-0.2, -0.15) is 0 Å². The van der Waals surface area contributed by atoms with Gasteiger partial charge in [0.1, 0.15) is 16.3 Å². The summed E-state index contributed by atoms with van der Waals surface area (Å²) in [6.45, 7) is 0. The number of hydrogen-bond acceptors (Lipinski definition) is 3. The van der Waals surface area contributed by atoms with Crippen molar-refractivity contribution in [3.63, 3.8) is 0 Å². The van der Waals surface area contributed by atoms with Crippen LogP contribution in [0.25, 0.3) is 11.3 Å². The zero-order chi connectivity index (χ0) is 11.7. The monoisotopic (exact) mass is 301 g/mol. The molecule has 0 aliphatic carbocycles. The van der Waals surface area contributed by atoms with E-state index in [1.165, 1.54) is 12.3 Å². The molecule has 0 aliphatic rings. The summed E-state index contributed by atoms with van der Waals surface area (Å²) in [6, 6.07) is 6.42. The zero-order valence-corrected chi connectivity index (χ0v) is 10.2. The van der Waals surface area contributed by atoms with Crippen LogP contribution in [0.4, 0.5) is 5.69 Å². The van der Waals surface area contributed by atoms with E-state index in [0.29, 0.717) is 15.8 Å². The summed E-state index contributed by atoms with van der Waals surface area (Å²) >= 11 is 9.06. The first kappa shape index (κ1) is 11.2. The Bertz CT molecular complexity index is 539. The van der Waals surface area contributed by atoms with E-state index in [0.717, 1.165) is 0 Å². The molecule has 1 aromatic heterocycles. The lowest BCUT2D eigenvalue weighted by Crippen LogP contribution is -1.93. The highest BCUT2D eigenvalue weighted by Gasteiger charge is 2.24. The second kappa shape index (κ2) is 4.27. The number of halogens is 2. The molecule has 16 heavy (non-hydrogen) atoms. The molecular formula is C10H5BrClNO3. The first-order chi connectivity index (χ1) is 7.61. The zero-order valence-electron chi connectivity index (χ0n) is 7.81. The number of nitrogens with zero attached hydrogens (tertiary/aromatic N) is 1. The molecule has 0 saturated heterocycles. The van der Waals surface area contributed by atoms with Crippen molar-refractivity contribution in [1.29, 1.82) is 0 Å². The molecule has 1 aromatic carbocycles. The maximum atomic E-state index is 10.9. The molecule has 0 atom stereocenters. The van der Waals surface area contributed by atoms with E-state index in [1.807, 2.05) is 0 Å². The van der Waals surface area contributed by atoms with Gasteiger partial charge in [0.05, 0.1) is 11.2 Å². The number of hydrogen-bond donors (Lipinski definition) is 0. The molecular weight excluding hydrogens is 297 g/mol. The molecule has 0 unspecified atom stereocenters. The summed E-state index contributed by atoms with van der Waals surface area (Å²) in [6.07, 6.45) is 1.45. The third kappa shape index (κ3) is 1.83.